The van der Waals surface area contributed by atoms with Crippen molar-refractivity contribution >= 4 is 22.9 Å². The van der Waals surface area contributed by atoms with Gasteiger partial charge >= 0.3 is 0 Å². The Hall–Kier alpha value is -3.25. The minimum absolute atomic E-state index is 0.121. The number of fused-ring (bicyclic) bond motifs is 1. The Morgan fingerprint density at radius 3 is 2.55 bits per heavy atom. The van der Waals surface area contributed by atoms with Gasteiger partial charge in [-0.3, -0.25) is 14.5 Å². The van der Waals surface area contributed by atoms with Crippen molar-refractivity contribution in [3.8, 4) is 0 Å². The lowest BCUT2D eigenvalue weighted by molar-refractivity contribution is -0.132. The second kappa shape index (κ2) is 10.2. The van der Waals surface area contributed by atoms with Gasteiger partial charge in [-0.1, -0.05) is 54.6 Å². The second-order valence-electron chi connectivity index (χ2n) is 7.88. The summed E-state index contributed by atoms with van der Waals surface area (Å²) in [6, 6.07) is 17.6. The zero-order valence-corrected chi connectivity index (χ0v) is 17.7. The van der Waals surface area contributed by atoms with Gasteiger partial charge in [0.15, 0.2) is 0 Å². The lowest BCUT2D eigenvalue weighted by atomic mass is 10.2. The highest BCUT2D eigenvalue weighted by Crippen LogP contribution is 2.10. The number of H-pyrrole nitrogens is 1. The summed E-state index contributed by atoms with van der Waals surface area (Å²) in [6.45, 7) is 4.22. The smallest absolute Gasteiger partial charge is 0.258 e. The zero-order chi connectivity index (χ0) is 21.5. The van der Waals surface area contributed by atoms with E-state index in [1.807, 2.05) is 41.3 Å². The molecule has 1 saturated heterocycles. The van der Waals surface area contributed by atoms with E-state index in [2.05, 4.69) is 39.2 Å². The molecule has 0 aliphatic carbocycles. The van der Waals surface area contributed by atoms with E-state index in [0.717, 1.165) is 32.7 Å². The first kappa shape index (κ1) is 21.0. The molecule has 1 aliphatic heterocycles. The molecule has 4 rings (SSSR count). The highest BCUT2D eigenvalue weighted by atomic mass is 16.2. The van der Waals surface area contributed by atoms with Crippen molar-refractivity contribution in [2.24, 2.45) is 0 Å². The minimum atomic E-state index is -0.121. The molecule has 1 fully saturated rings. The van der Waals surface area contributed by atoms with Gasteiger partial charge in [0, 0.05) is 45.6 Å². The van der Waals surface area contributed by atoms with Crippen molar-refractivity contribution in [2.75, 3.05) is 32.7 Å². The van der Waals surface area contributed by atoms with Crippen LogP contribution in [0.5, 0.6) is 0 Å². The van der Waals surface area contributed by atoms with Crippen LogP contribution in [-0.4, -0.2) is 58.4 Å². The number of aromatic nitrogens is 2. The summed E-state index contributed by atoms with van der Waals surface area (Å²) in [5.41, 5.74) is 1.79. The Morgan fingerprint density at radius 2 is 1.74 bits per heavy atom. The number of hydrogen-bond donors (Lipinski definition) is 1. The van der Waals surface area contributed by atoms with E-state index < -0.39 is 0 Å². The third-order valence-electron chi connectivity index (χ3n) is 5.66. The Morgan fingerprint density at radius 1 is 1.00 bits per heavy atom. The van der Waals surface area contributed by atoms with Crippen LogP contribution in [0.4, 0.5) is 0 Å². The Balaban J connectivity index is 1.20. The highest BCUT2D eigenvalue weighted by molar-refractivity contribution is 5.77. The van der Waals surface area contributed by atoms with Crippen molar-refractivity contribution in [3.63, 3.8) is 0 Å². The normalized spacial score (nSPS) is 15.0. The maximum Gasteiger partial charge on any atom is 0.258 e. The molecule has 1 amide bonds. The summed E-state index contributed by atoms with van der Waals surface area (Å²) in [5.74, 6) is 0.828. The van der Waals surface area contributed by atoms with Crippen LogP contribution in [0.15, 0.2) is 65.5 Å². The van der Waals surface area contributed by atoms with Crippen molar-refractivity contribution in [3.05, 3.63) is 82.4 Å². The number of hydrogen-bond acceptors (Lipinski definition) is 4. The van der Waals surface area contributed by atoms with Crippen molar-refractivity contribution in [1.29, 1.82) is 0 Å². The molecule has 6 nitrogen and oxygen atoms in total. The highest BCUT2D eigenvalue weighted by Gasteiger charge is 2.20. The monoisotopic (exact) mass is 416 g/mol. The molecule has 6 heteroatoms. The minimum Gasteiger partial charge on any atom is -0.340 e. The van der Waals surface area contributed by atoms with E-state index in [0.29, 0.717) is 36.0 Å². The van der Waals surface area contributed by atoms with Crippen LogP contribution in [0.25, 0.3) is 17.0 Å². The van der Waals surface area contributed by atoms with E-state index in [1.54, 1.807) is 6.07 Å². The van der Waals surface area contributed by atoms with Gasteiger partial charge in [0.2, 0.25) is 5.91 Å². The number of amides is 1. The summed E-state index contributed by atoms with van der Waals surface area (Å²) in [4.78, 5) is 36.4. The SMILES string of the molecule is O=C(CCCc1nc2ccccc2c(=O)[nH]1)N1CCN(C/C=C/c2ccccc2)CC1. The summed E-state index contributed by atoms with van der Waals surface area (Å²) in [6.07, 6.45) is 6.08. The molecule has 0 bridgehead atoms. The number of benzene rings is 2. The molecular weight excluding hydrogens is 388 g/mol. The zero-order valence-electron chi connectivity index (χ0n) is 17.7. The molecule has 0 spiro atoms. The van der Waals surface area contributed by atoms with Gasteiger partial charge in [0.1, 0.15) is 5.82 Å². The van der Waals surface area contributed by atoms with E-state index in [1.165, 1.54) is 5.56 Å². The third-order valence-corrected chi connectivity index (χ3v) is 5.66. The van der Waals surface area contributed by atoms with Gasteiger partial charge < -0.3 is 9.88 Å². The van der Waals surface area contributed by atoms with Crippen molar-refractivity contribution in [1.82, 2.24) is 19.8 Å². The molecule has 0 unspecified atom stereocenters. The number of para-hydroxylation sites is 1. The predicted octanol–water partition coefficient (Wildman–Crippen LogP) is 3.10. The average molecular weight is 417 g/mol. The molecule has 2 aromatic carbocycles. The van der Waals surface area contributed by atoms with Gasteiger partial charge in [-0.2, -0.15) is 0 Å². The van der Waals surface area contributed by atoms with E-state index in [9.17, 15) is 9.59 Å². The van der Waals surface area contributed by atoms with Crippen LogP contribution in [-0.2, 0) is 11.2 Å². The van der Waals surface area contributed by atoms with Crippen LogP contribution in [0, 0.1) is 0 Å². The summed E-state index contributed by atoms with van der Waals surface area (Å²) in [5, 5.41) is 0.596. The molecule has 0 radical (unpaired) electrons. The number of carbonyl (C=O) groups excluding carboxylic acids is 1. The Kier molecular flexibility index (Phi) is 6.89. The molecule has 31 heavy (non-hydrogen) atoms. The third kappa shape index (κ3) is 5.67. The lowest BCUT2D eigenvalue weighted by Gasteiger charge is -2.34. The number of rotatable bonds is 7. The summed E-state index contributed by atoms with van der Waals surface area (Å²) in [7, 11) is 0. The first-order valence-electron chi connectivity index (χ1n) is 10.9. The molecule has 160 valence electrons. The average Bonchev–Trinajstić information content (AvgIpc) is 2.80. The number of carbonyl (C=O) groups is 1. The van der Waals surface area contributed by atoms with Crippen molar-refractivity contribution < 1.29 is 4.79 Å². The fourth-order valence-corrected chi connectivity index (χ4v) is 3.90. The summed E-state index contributed by atoms with van der Waals surface area (Å²) < 4.78 is 0. The molecule has 0 atom stereocenters. The molecule has 3 aromatic rings. The maximum absolute atomic E-state index is 12.6. The van der Waals surface area contributed by atoms with Crippen LogP contribution in [0.2, 0.25) is 0 Å². The fourth-order valence-electron chi connectivity index (χ4n) is 3.90. The number of aromatic amines is 1. The fraction of sp³-hybridized carbons (Fsp3) is 0.320. The predicted molar refractivity (Wildman–Crippen MR) is 124 cm³/mol. The molecule has 1 aliphatic rings. The number of piperazine rings is 1. The summed E-state index contributed by atoms with van der Waals surface area (Å²) >= 11 is 0. The largest absolute Gasteiger partial charge is 0.340 e. The van der Waals surface area contributed by atoms with E-state index in [-0.39, 0.29) is 11.5 Å². The molecule has 1 aromatic heterocycles. The Bertz CT molecular complexity index is 1100. The van der Waals surface area contributed by atoms with Crippen LogP contribution in [0.3, 0.4) is 0 Å². The quantitative estimate of drug-likeness (QED) is 0.643. The van der Waals surface area contributed by atoms with Gasteiger partial charge in [-0.25, -0.2) is 4.98 Å². The first-order valence-corrected chi connectivity index (χ1v) is 10.9. The standard InChI is InChI=1S/C25H28N4O2/c30-24(14-6-13-23-26-22-12-5-4-11-21(22)25(31)27-23)29-18-16-28(17-19-29)15-7-10-20-8-2-1-3-9-20/h1-5,7-12H,6,13-19H2,(H,26,27,31)/b10-7+. The van der Waals surface area contributed by atoms with Crippen molar-refractivity contribution in [2.45, 2.75) is 19.3 Å². The molecule has 2 heterocycles. The number of nitrogens with one attached hydrogen (secondary N) is 1. The second-order valence-corrected chi connectivity index (χ2v) is 7.88. The van der Waals surface area contributed by atoms with Crippen LogP contribution >= 0.6 is 0 Å². The Labute approximate surface area is 182 Å². The number of aryl methyl sites for hydroxylation is 1. The van der Waals surface area contributed by atoms with Gasteiger partial charge in [-0.15, -0.1) is 0 Å². The van der Waals surface area contributed by atoms with E-state index >= 15 is 0 Å². The van der Waals surface area contributed by atoms with Gasteiger partial charge in [0.05, 0.1) is 10.9 Å². The molecular formula is C25H28N4O2. The molecule has 1 N–H and O–H groups in total. The number of nitrogens with zero attached hydrogens (tertiary/aromatic N) is 3. The molecule has 0 saturated carbocycles. The topological polar surface area (TPSA) is 69.3 Å². The van der Waals surface area contributed by atoms with Crippen LogP contribution in [0.1, 0.15) is 24.2 Å². The van der Waals surface area contributed by atoms with E-state index in [4.69, 9.17) is 0 Å². The first-order chi connectivity index (χ1) is 15.2. The maximum atomic E-state index is 12.6. The lowest BCUT2D eigenvalue weighted by Crippen LogP contribution is -2.48. The van der Waals surface area contributed by atoms with Gasteiger partial charge in [-0.05, 0) is 24.1 Å². The van der Waals surface area contributed by atoms with Crippen LogP contribution < -0.4 is 5.56 Å². The van der Waals surface area contributed by atoms with Gasteiger partial charge in [0.25, 0.3) is 5.56 Å².